The number of hydrogen-bond donors (Lipinski definition) is 2. The van der Waals surface area contributed by atoms with Crippen LogP contribution in [0, 0.1) is 5.92 Å². The van der Waals surface area contributed by atoms with Crippen LogP contribution < -0.4 is 4.72 Å². The van der Waals surface area contributed by atoms with Gasteiger partial charge in [-0.15, -0.1) is 0 Å². The molecule has 0 aliphatic heterocycles. The predicted octanol–water partition coefficient (Wildman–Crippen LogP) is 0.714. The normalized spacial score (nSPS) is 20.7. The smallest absolute Gasteiger partial charge is 0.279 e. The van der Waals surface area contributed by atoms with E-state index in [1.807, 2.05) is 0 Å². The Balaban J connectivity index is 2.65. The topological polar surface area (TPSA) is 69.6 Å². The van der Waals surface area contributed by atoms with Gasteiger partial charge in [0.2, 0.25) is 0 Å². The van der Waals surface area contributed by atoms with Crippen LogP contribution in [0.4, 0.5) is 0 Å². The zero-order valence-electron chi connectivity index (χ0n) is 10.7. The number of rotatable bonds is 6. The first-order valence-electron chi connectivity index (χ1n) is 6.28. The Morgan fingerprint density at radius 3 is 2.35 bits per heavy atom. The molecule has 1 fully saturated rings. The number of nitrogens with zero attached hydrogens (tertiary/aromatic N) is 1. The molecule has 0 aromatic heterocycles. The second kappa shape index (κ2) is 6.68. The molecule has 2 N–H and O–H groups in total. The van der Waals surface area contributed by atoms with Crippen molar-refractivity contribution < 1.29 is 13.5 Å². The van der Waals surface area contributed by atoms with Crippen molar-refractivity contribution in [3.8, 4) is 0 Å². The van der Waals surface area contributed by atoms with E-state index in [-0.39, 0.29) is 12.6 Å². The van der Waals surface area contributed by atoms with E-state index in [0.29, 0.717) is 12.3 Å². The fourth-order valence-corrected chi connectivity index (χ4v) is 3.27. The van der Waals surface area contributed by atoms with Crippen molar-refractivity contribution in [1.82, 2.24) is 9.03 Å². The van der Waals surface area contributed by atoms with Gasteiger partial charge in [-0.3, -0.25) is 0 Å². The highest BCUT2D eigenvalue weighted by Crippen LogP contribution is 2.28. The number of nitrogens with one attached hydrogen (secondary N) is 1. The molecule has 0 radical (unpaired) electrons. The van der Waals surface area contributed by atoms with E-state index >= 15 is 0 Å². The monoisotopic (exact) mass is 264 g/mol. The Hall–Kier alpha value is -0.170. The van der Waals surface area contributed by atoms with Crippen molar-refractivity contribution in [1.29, 1.82) is 0 Å². The van der Waals surface area contributed by atoms with Crippen molar-refractivity contribution in [2.75, 3.05) is 20.7 Å². The summed E-state index contributed by atoms with van der Waals surface area (Å²) < 4.78 is 27.5. The van der Waals surface area contributed by atoms with Gasteiger partial charge in [0.05, 0.1) is 0 Å². The molecule has 5 nitrogen and oxygen atoms in total. The van der Waals surface area contributed by atoms with Crippen LogP contribution in [0.1, 0.15) is 38.5 Å². The maximum absolute atomic E-state index is 11.8. The summed E-state index contributed by atoms with van der Waals surface area (Å²) in [6.45, 7) is 0.0249. The molecular weight excluding hydrogens is 240 g/mol. The standard InChI is InChI=1S/C11H24N2O3S/c1-13(2)17(15,16)12-11(8-9-14)10-6-4-3-5-7-10/h10-12,14H,3-9H2,1-2H3. The van der Waals surface area contributed by atoms with E-state index in [9.17, 15) is 8.42 Å². The molecule has 17 heavy (non-hydrogen) atoms. The third-order valence-electron chi connectivity index (χ3n) is 3.44. The molecule has 1 rings (SSSR count). The van der Waals surface area contributed by atoms with Gasteiger partial charge in [0, 0.05) is 26.7 Å². The summed E-state index contributed by atoms with van der Waals surface area (Å²) in [7, 11) is -0.371. The van der Waals surface area contributed by atoms with Gasteiger partial charge in [0.25, 0.3) is 10.2 Å². The maximum atomic E-state index is 11.8. The maximum Gasteiger partial charge on any atom is 0.279 e. The lowest BCUT2D eigenvalue weighted by molar-refractivity contribution is 0.220. The molecule has 1 aliphatic carbocycles. The van der Waals surface area contributed by atoms with Gasteiger partial charge in [0.1, 0.15) is 0 Å². The largest absolute Gasteiger partial charge is 0.396 e. The van der Waals surface area contributed by atoms with Gasteiger partial charge in [0.15, 0.2) is 0 Å². The van der Waals surface area contributed by atoms with Gasteiger partial charge >= 0.3 is 0 Å². The molecule has 6 heteroatoms. The van der Waals surface area contributed by atoms with Crippen molar-refractivity contribution in [2.24, 2.45) is 5.92 Å². The van der Waals surface area contributed by atoms with Gasteiger partial charge in [-0.05, 0) is 25.2 Å². The Bertz CT molecular complexity index is 311. The van der Waals surface area contributed by atoms with Gasteiger partial charge < -0.3 is 5.11 Å². The average molecular weight is 264 g/mol. The lowest BCUT2D eigenvalue weighted by Gasteiger charge is -2.31. The number of hydrogen-bond acceptors (Lipinski definition) is 3. The predicted molar refractivity (Wildman–Crippen MR) is 67.8 cm³/mol. The van der Waals surface area contributed by atoms with Crippen molar-refractivity contribution in [3.63, 3.8) is 0 Å². The van der Waals surface area contributed by atoms with Gasteiger partial charge in [-0.1, -0.05) is 19.3 Å². The van der Waals surface area contributed by atoms with Gasteiger partial charge in [-0.2, -0.15) is 17.4 Å². The highest BCUT2D eigenvalue weighted by atomic mass is 32.2. The summed E-state index contributed by atoms with van der Waals surface area (Å²) in [5.74, 6) is 0.366. The van der Waals surface area contributed by atoms with E-state index in [4.69, 9.17) is 5.11 Å². The van der Waals surface area contributed by atoms with E-state index in [0.717, 1.165) is 25.7 Å². The van der Waals surface area contributed by atoms with Crippen LogP contribution in [-0.4, -0.2) is 44.6 Å². The minimum absolute atomic E-state index is 0.0249. The second-order valence-electron chi connectivity index (χ2n) is 4.92. The van der Waals surface area contributed by atoms with Crippen molar-refractivity contribution in [2.45, 2.75) is 44.6 Å². The zero-order valence-corrected chi connectivity index (χ0v) is 11.5. The summed E-state index contributed by atoms with van der Waals surface area (Å²) in [6.07, 6.45) is 6.17. The third kappa shape index (κ3) is 4.54. The Morgan fingerprint density at radius 2 is 1.88 bits per heavy atom. The molecule has 0 heterocycles. The lowest BCUT2D eigenvalue weighted by atomic mass is 9.83. The fourth-order valence-electron chi connectivity index (χ4n) is 2.36. The number of aliphatic hydroxyl groups excluding tert-OH is 1. The first-order valence-corrected chi connectivity index (χ1v) is 7.72. The molecule has 1 aliphatic rings. The van der Waals surface area contributed by atoms with E-state index in [2.05, 4.69) is 4.72 Å². The first-order chi connectivity index (χ1) is 7.97. The molecule has 0 aromatic rings. The van der Waals surface area contributed by atoms with Crippen LogP contribution in [0.15, 0.2) is 0 Å². The van der Waals surface area contributed by atoms with Crippen LogP contribution in [0.3, 0.4) is 0 Å². The molecule has 0 spiro atoms. The summed E-state index contributed by atoms with van der Waals surface area (Å²) in [4.78, 5) is 0. The highest BCUT2D eigenvalue weighted by molar-refractivity contribution is 7.87. The summed E-state index contributed by atoms with van der Waals surface area (Å²) in [5, 5.41) is 9.05. The molecule has 0 aromatic carbocycles. The Kier molecular flexibility index (Phi) is 5.85. The molecule has 102 valence electrons. The van der Waals surface area contributed by atoms with Crippen LogP contribution in [0.25, 0.3) is 0 Å². The SMILES string of the molecule is CN(C)S(=O)(=O)NC(CCO)C1CCCCC1. The minimum Gasteiger partial charge on any atom is -0.396 e. The average Bonchev–Trinajstić information content (AvgIpc) is 2.29. The van der Waals surface area contributed by atoms with Gasteiger partial charge in [-0.25, -0.2) is 0 Å². The highest BCUT2D eigenvalue weighted by Gasteiger charge is 2.27. The Morgan fingerprint density at radius 1 is 1.29 bits per heavy atom. The molecule has 0 saturated heterocycles. The number of aliphatic hydroxyl groups is 1. The van der Waals surface area contributed by atoms with E-state index in [1.165, 1.54) is 24.8 Å². The fraction of sp³-hybridized carbons (Fsp3) is 1.00. The first kappa shape index (κ1) is 14.9. The van der Waals surface area contributed by atoms with Crippen LogP contribution in [-0.2, 0) is 10.2 Å². The second-order valence-corrected chi connectivity index (χ2v) is 6.84. The third-order valence-corrected chi connectivity index (χ3v) is 5.00. The van der Waals surface area contributed by atoms with Crippen LogP contribution in [0.2, 0.25) is 0 Å². The Labute approximate surface area is 104 Å². The molecule has 1 unspecified atom stereocenters. The van der Waals surface area contributed by atoms with Crippen LogP contribution >= 0.6 is 0 Å². The molecule has 1 atom stereocenters. The van der Waals surface area contributed by atoms with E-state index in [1.54, 1.807) is 0 Å². The molecular formula is C11H24N2O3S. The lowest BCUT2D eigenvalue weighted by Crippen LogP contribution is -2.46. The molecule has 0 bridgehead atoms. The molecule has 1 saturated carbocycles. The zero-order chi connectivity index (χ0) is 12.9. The summed E-state index contributed by atoms with van der Waals surface area (Å²) in [6, 6.07) is -0.132. The minimum atomic E-state index is -3.40. The quantitative estimate of drug-likeness (QED) is 0.742. The van der Waals surface area contributed by atoms with Crippen molar-refractivity contribution >= 4 is 10.2 Å². The van der Waals surface area contributed by atoms with Crippen molar-refractivity contribution in [3.05, 3.63) is 0 Å². The van der Waals surface area contributed by atoms with Crippen LogP contribution in [0.5, 0.6) is 0 Å². The summed E-state index contributed by atoms with van der Waals surface area (Å²) in [5.41, 5.74) is 0. The summed E-state index contributed by atoms with van der Waals surface area (Å²) >= 11 is 0. The molecule has 0 amide bonds. The van der Waals surface area contributed by atoms with E-state index < -0.39 is 10.2 Å².